The predicted octanol–water partition coefficient (Wildman–Crippen LogP) is 3.99. The molecule has 0 bridgehead atoms. The van der Waals surface area contributed by atoms with Gasteiger partial charge in [0.1, 0.15) is 18.1 Å². The van der Waals surface area contributed by atoms with Gasteiger partial charge in [0, 0.05) is 30.9 Å². The molecular weight excluding hydrogens is 653 g/mol. The number of carbonyl (C=O) groups is 4. The number of allylic oxidation sites excluding steroid dienone is 2. The molecule has 1 aromatic carbocycles. The molecule has 2 unspecified atom stereocenters. The summed E-state index contributed by atoms with van der Waals surface area (Å²) in [5.74, 6) is -1.42. The van der Waals surface area contributed by atoms with Crippen molar-refractivity contribution >= 4 is 45.2 Å². The van der Waals surface area contributed by atoms with E-state index in [0.717, 1.165) is 53.7 Å². The van der Waals surface area contributed by atoms with Gasteiger partial charge in [-0.05, 0) is 75.1 Å². The molecule has 272 valence electrons. The van der Waals surface area contributed by atoms with E-state index >= 15 is 0 Å². The molecule has 0 spiro atoms. The number of nitrogens with two attached hydrogens (primary N) is 1. The van der Waals surface area contributed by atoms with Gasteiger partial charge in [-0.15, -0.1) is 11.3 Å². The Morgan fingerprint density at radius 1 is 1.00 bits per heavy atom. The zero-order chi connectivity index (χ0) is 35.7. The third kappa shape index (κ3) is 9.18. The van der Waals surface area contributed by atoms with Crippen LogP contribution in [0.5, 0.6) is 0 Å². The highest BCUT2D eigenvalue weighted by molar-refractivity contribution is 7.18. The molecule has 3 aliphatic rings. The van der Waals surface area contributed by atoms with Gasteiger partial charge in [-0.1, -0.05) is 64.0 Å². The van der Waals surface area contributed by atoms with Crippen LogP contribution in [-0.2, 0) is 36.8 Å². The lowest BCUT2D eigenvalue weighted by Gasteiger charge is -2.46. The van der Waals surface area contributed by atoms with Crippen LogP contribution in [-0.4, -0.2) is 72.0 Å². The van der Waals surface area contributed by atoms with Crippen LogP contribution in [0, 0.1) is 11.3 Å². The van der Waals surface area contributed by atoms with Crippen molar-refractivity contribution in [3.63, 3.8) is 0 Å². The molecule has 5 rings (SSSR count). The summed E-state index contributed by atoms with van der Waals surface area (Å²) in [5.41, 5.74) is 7.43. The Labute approximate surface area is 299 Å². The predicted molar refractivity (Wildman–Crippen MR) is 196 cm³/mol. The van der Waals surface area contributed by atoms with Crippen LogP contribution >= 0.6 is 11.3 Å². The second kappa shape index (κ2) is 17.5. The summed E-state index contributed by atoms with van der Waals surface area (Å²) in [4.78, 5) is 59.4. The van der Waals surface area contributed by atoms with Crippen molar-refractivity contribution in [2.24, 2.45) is 17.1 Å². The minimum atomic E-state index is -0.909. The van der Waals surface area contributed by atoms with Gasteiger partial charge in [0.05, 0.1) is 21.3 Å². The second-order valence-electron chi connectivity index (χ2n) is 14.1. The smallest absolute Gasteiger partial charge is 0.243 e. The molecule has 2 heterocycles. The van der Waals surface area contributed by atoms with Crippen molar-refractivity contribution in [3.05, 3.63) is 53.1 Å². The number of hydrogen-bond donors (Lipinski definition) is 5. The van der Waals surface area contributed by atoms with Crippen LogP contribution in [0.4, 0.5) is 0 Å². The fraction of sp³-hybridized carbons (Fsp3) is 0.605. The standard InChI is InChI=1S/C38H54N6O5S/c1-4-24-16-17-26-29(22-24)50-33(41-26)23-28(40-32(45)5-2)36(47)44-34(25-12-6-7-13-25)37(48)42-27(14-9-11-20-39)35(46)43-30-18-21-49-31-15-8-10-19-38(30,31)3/h8,10,15-17,19,22,25,27-28,30-31,34H,4-7,9,11-14,18,20-21,23,39H2,1-3H3,(H,40,45)(H,42,48)(H,43,46)(H,44,47)/t27-,28-,30+,31?,34-,38?/m0/s1. The first-order chi connectivity index (χ1) is 24.1. The number of ether oxygens (including phenoxy) is 1. The molecule has 0 radical (unpaired) electrons. The summed E-state index contributed by atoms with van der Waals surface area (Å²) in [7, 11) is 0. The molecule has 6 atom stereocenters. The van der Waals surface area contributed by atoms with Crippen LogP contribution in [0.1, 0.15) is 89.1 Å². The van der Waals surface area contributed by atoms with Gasteiger partial charge in [0.15, 0.2) is 0 Å². The van der Waals surface area contributed by atoms with E-state index in [0.29, 0.717) is 32.4 Å². The lowest BCUT2D eigenvalue weighted by Crippen LogP contribution is -2.61. The molecule has 2 aromatic rings. The molecule has 12 heteroatoms. The number of unbranched alkanes of at least 4 members (excludes halogenated alkanes) is 1. The fourth-order valence-corrected chi connectivity index (χ4v) is 8.45. The van der Waals surface area contributed by atoms with Crippen molar-refractivity contribution in [2.75, 3.05) is 13.2 Å². The summed E-state index contributed by atoms with van der Waals surface area (Å²) in [6, 6.07) is 3.41. The van der Waals surface area contributed by atoms with E-state index in [4.69, 9.17) is 15.5 Å². The highest BCUT2D eigenvalue weighted by Gasteiger charge is 2.44. The van der Waals surface area contributed by atoms with Gasteiger partial charge in [0.25, 0.3) is 0 Å². The number of carbonyl (C=O) groups excluding carboxylic acids is 4. The normalized spacial score (nSPS) is 23.5. The highest BCUT2D eigenvalue weighted by Crippen LogP contribution is 2.38. The Bertz CT molecular complexity index is 1570. The van der Waals surface area contributed by atoms with E-state index in [2.05, 4.69) is 47.3 Å². The molecule has 6 N–H and O–H groups in total. The Morgan fingerprint density at radius 2 is 1.80 bits per heavy atom. The molecule has 50 heavy (non-hydrogen) atoms. The topological polar surface area (TPSA) is 165 Å². The number of fused-ring (bicyclic) bond motifs is 2. The van der Waals surface area contributed by atoms with E-state index in [-0.39, 0.29) is 48.6 Å². The molecule has 11 nitrogen and oxygen atoms in total. The summed E-state index contributed by atoms with van der Waals surface area (Å²) < 4.78 is 7.03. The van der Waals surface area contributed by atoms with Gasteiger partial charge in [0.2, 0.25) is 23.6 Å². The van der Waals surface area contributed by atoms with Crippen LogP contribution in [0.3, 0.4) is 0 Å². The van der Waals surface area contributed by atoms with Crippen molar-refractivity contribution in [2.45, 2.75) is 122 Å². The zero-order valence-electron chi connectivity index (χ0n) is 29.7. The average molecular weight is 707 g/mol. The van der Waals surface area contributed by atoms with Crippen molar-refractivity contribution in [1.82, 2.24) is 26.3 Å². The number of amides is 4. The first-order valence-electron chi connectivity index (χ1n) is 18.4. The van der Waals surface area contributed by atoms with Crippen molar-refractivity contribution in [3.8, 4) is 0 Å². The lowest BCUT2D eigenvalue weighted by atomic mass is 9.72. The third-order valence-electron chi connectivity index (χ3n) is 10.5. The second-order valence-corrected chi connectivity index (χ2v) is 15.2. The zero-order valence-corrected chi connectivity index (χ0v) is 30.5. The Kier molecular flexibility index (Phi) is 13.2. The van der Waals surface area contributed by atoms with Gasteiger partial charge in [-0.3, -0.25) is 19.2 Å². The van der Waals surface area contributed by atoms with Crippen molar-refractivity contribution in [1.29, 1.82) is 0 Å². The Morgan fingerprint density at radius 3 is 2.54 bits per heavy atom. The largest absolute Gasteiger partial charge is 0.373 e. The molecule has 2 aliphatic carbocycles. The van der Waals surface area contributed by atoms with Crippen LogP contribution in [0.25, 0.3) is 10.2 Å². The maximum Gasteiger partial charge on any atom is 0.243 e. The maximum atomic E-state index is 14.2. The summed E-state index contributed by atoms with van der Waals surface area (Å²) in [6.45, 7) is 6.93. The molecule has 4 amide bonds. The monoisotopic (exact) mass is 706 g/mol. The number of nitrogens with one attached hydrogen (secondary N) is 4. The minimum absolute atomic E-state index is 0.0847. The maximum absolute atomic E-state index is 14.2. The first-order valence-corrected chi connectivity index (χ1v) is 19.2. The molecular formula is C38H54N6O5S. The number of nitrogens with zero attached hydrogens (tertiary/aromatic N) is 1. The minimum Gasteiger partial charge on any atom is -0.373 e. The molecule has 1 aromatic heterocycles. The van der Waals surface area contributed by atoms with E-state index in [1.165, 1.54) is 16.9 Å². The number of rotatable bonds is 16. The molecule has 1 saturated heterocycles. The summed E-state index contributed by atoms with van der Waals surface area (Å²) in [5, 5.41) is 12.9. The molecule has 2 fully saturated rings. The quantitative estimate of drug-likeness (QED) is 0.165. The fourth-order valence-electron chi connectivity index (χ4n) is 7.37. The molecule has 1 saturated carbocycles. The van der Waals surface area contributed by atoms with E-state index in [1.54, 1.807) is 6.92 Å². The van der Waals surface area contributed by atoms with Gasteiger partial charge in [-0.2, -0.15) is 0 Å². The van der Waals surface area contributed by atoms with E-state index < -0.39 is 29.4 Å². The Balaban J connectivity index is 1.32. The van der Waals surface area contributed by atoms with Crippen LogP contribution < -0.4 is 27.0 Å². The number of aryl methyl sites for hydroxylation is 1. The first kappa shape index (κ1) is 37.6. The van der Waals surface area contributed by atoms with Crippen LogP contribution in [0.2, 0.25) is 0 Å². The summed E-state index contributed by atoms with van der Waals surface area (Å²) >= 11 is 1.51. The van der Waals surface area contributed by atoms with Crippen LogP contribution in [0.15, 0.2) is 42.5 Å². The summed E-state index contributed by atoms with van der Waals surface area (Å²) in [6.07, 6.45) is 15.2. The van der Waals surface area contributed by atoms with Gasteiger partial charge < -0.3 is 31.7 Å². The number of aromatic nitrogens is 1. The van der Waals surface area contributed by atoms with Gasteiger partial charge in [-0.25, -0.2) is 4.98 Å². The number of hydrogen-bond acceptors (Lipinski definition) is 8. The number of benzene rings is 1. The molecule has 1 aliphatic heterocycles. The van der Waals surface area contributed by atoms with E-state index in [1.807, 2.05) is 30.4 Å². The SMILES string of the molecule is CCC(=O)N[C@@H](Cc1nc2ccc(CC)cc2s1)C(=O)N[C@H](C(=O)N[C@@H](CCCCN)C(=O)N[C@@H]1CCOC2C=CC=CC21C)C1CCCC1. The average Bonchev–Trinajstić information content (AvgIpc) is 3.79. The van der Waals surface area contributed by atoms with Crippen molar-refractivity contribution < 1.29 is 23.9 Å². The van der Waals surface area contributed by atoms with Gasteiger partial charge >= 0.3 is 0 Å². The highest BCUT2D eigenvalue weighted by atomic mass is 32.1. The Hall–Kier alpha value is -3.61. The third-order valence-corrected chi connectivity index (χ3v) is 11.6. The van der Waals surface area contributed by atoms with E-state index in [9.17, 15) is 19.2 Å². The number of thiazole rings is 1. The lowest BCUT2D eigenvalue weighted by molar-refractivity contribution is -0.135.